The maximum atomic E-state index is 13.0. The first kappa shape index (κ1) is 28.5. The van der Waals surface area contributed by atoms with Crippen molar-refractivity contribution in [2.45, 2.75) is 32.0 Å². The number of alkyl halides is 3. The summed E-state index contributed by atoms with van der Waals surface area (Å²) < 4.78 is 38.9. The van der Waals surface area contributed by atoms with E-state index in [9.17, 15) is 18.0 Å². The van der Waals surface area contributed by atoms with E-state index in [4.69, 9.17) is 11.1 Å². The first-order valence-corrected chi connectivity index (χ1v) is 12.6. The van der Waals surface area contributed by atoms with E-state index < -0.39 is 17.8 Å². The van der Waals surface area contributed by atoms with Gasteiger partial charge in [-0.05, 0) is 55.8 Å². The molecule has 12 heteroatoms. The van der Waals surface area contributed by atoms with E-state index in [2.05, 4.69) is 44.4 Å². The molecule has 0 radical (unpaired) electrons. The molecule has 0 saturated carbocycles. The van der Waals surface area contributed by atoms with Crippen LogP contribution in [0, 0.1) is 24.2 Å². The van der Waals surface area contributed by atoms with Crippen LogP contribution in [0.2, 0.25) is 0 Å². The van der Waals surface area contributed by atoms with E-state index in [0.717, 1.165) is 43.6 Å². The van der Waals surface area contributed by atoms with Crippen molar-refractivity contribution >= 4 is 34.8 Å². The number of piperidine rings is 1. The minimum absolute atomic E-state index is 0.00317. The number of benzene rings is 2. The number of carbonyl (C=O) groups excluding carboxylic acids is 1. The number of anilines is 3. The van der Waals surface area contributed by atoms with Gasteiger partial charge in [0.25, 0.3) is 0 Å². The number of halogens is 3. The molecule has 40 heavy (non-hydrogen) atoms. The number of nitrogen functional groups attached to an aromatic ring is 1. The molecule has 208 valence electrons. The SMILES string of the molecule is Cc1ccc(NC(=O)Nc2cccc(C(F)(F)F)c2)cc1C#CC(=N)c1c(N)ncnc1[NH2+]C1CCN(C)CC1. The van der Waals surface area contributed by atoms with Crippen LogP contribution in [0.5, 0.6) is 0 Å². The first-order valence-electron chi connectivity index (χ1n) is 12.6. The highest BCUT2D eigenvalue weighted by atomic mass is 19.4. The highest BCUT2D eigenvalue weighted by Crippen LogP contribution is 2.30. The largest absolute Gasteiger partial charge is 0.416 e. The third-order valence-electron chi connectivity index (χ3n) is 6.58. The van der Waals surface area contributed by atoms with Gasteiger partial charge in [0.1, 0.15) is 23.4 Å². The molecule has 9 nitrogen and oxygen atoms in total. The Morgan fingerprint density at radius 1 is 1.12 bits per heavy atom. The van der Waals surface area contributed by atoms with Crippen LogP contribution in [0.1, 0.15) is 35.1 Å². The molecule has 3 aromatic rings. The second-order valence-electron chi connectivity index (χ2n) is 9.64. The van der Waals surface area contributed by atoms with E-state index in [0.29, 0.717) is 28.7 Å². The molecule has 0 atom stereocenters. The van der Waals surface area contributed by atoms with Gasteiger partial charge in [-0.1, -0.05) is 18.1 Å². The Morgan fingerprint density at radius 2 is 1.82 bits per heavy atom. The van der Waals surface area contributed by atoms with Crippen LogP contribution >= 0.6 is 0 Å². The second-order valence-corrected chi connectivity index (χ2v) is 9.64. The Morgan fingerprint density at radius 3 is 2.52 bits per heavy atom. The molecule has 2 amide bonds. The summed E-state index contributed by atoms with van der Waals surface area (Å²) >= 11 is 0. The Balaban J connectivity index is 1.48. The third-order valence-corrected chi connectivity index (χ3v) is 6.58. The lowest BCUT2D eigenvalue weighted by molar-refractivity contribution is -0.617. The molecule has 4 rings (SSSR count). The summed E-state index contributed by atoms with van der Waals surface area (Å²) in [6.07, 6.45) is -1.17. The average Bonchev–Trinajstić information content (AvgIpc) is 2.90. The van der Waals surface area contributed by atoms with Gasteiger partial charge in [0.2, 0.25) is 5.82 Å². The van der Waals surface area contributed by atoms with E-state index >= 15 is 0 Å². The van der Waals surface area contributed by atoms with Gasteiger partial charge in [0.05, 0.1) is 11.6 Å². The summed E-state index contributed by atoms with van der Waals surface area (Å²) in [6, 6.07) is 8.98. The number of nitrogens with one attached hydrogen (secondary N) is 3. The monoisotopic (exact) mass is 551 g/mol. The van der Waals surface area contributed by atoms with Crippen molar-refractivity contribution in [2.75, 3.05) is 36.5 Å². The number of urea groups is 1. The summed E-state index contributed by atoms with van der Waals surface area (Å²) in [7, 11) is 2.09. The van der Waals surface area contributed by atoms with Gasteiger partial charge >= 0.3 is 12.2 Å². The van der Waals surface area contributed by atoms with Gasteiger partial charge in [-0.2, -0.15) is 18.2 Å². The minimum Gasteiger partial charge on any atom is -0.383 e. The molecule has 0 aliphatic carbocycles. The summed E-state index contributed by atoms with van der Waals surface area (Å²) in [5.41, 5.74) is 7.34. The number of nitrogens with two attached hydrogens (primary N) is 2. The smallest absolute Gasteiger partial charge is 0.383 e. The standard InChI is InChI=1S/C28H29F3N8O/c1-17-6-8-22(38-27(40)37-21-5-3-4-19(15-21)28(29,30)31)14-18(17)7-9-23(32)24-25(33)34-16-35-26(24)36-20-10-12-39(2)13-11-20/h3-6,8,14-16,20,32H,10-13H2,1-2H3,(H2,37,38,40)(H3,33,34,35,36)/p+1. The van der Waals surface area contributed by atoms with E-state index in [-0.39, 0.29) is 17.2 Å². The van der Waals surface area contributed by atoms with Crippen LogP contribution < -0.4 is 21.7 Å². The molecule has 0 bridgehead atoms. The molecule has 0 unspecified atom stereocenters. The number of quaternary nitrogens is 1. The molecule has 1 aliphatic rings. The topological polar surface area (TPSA) is 137 Å². The highest BCUT2D eigenvalue weighted by molar-refractivity contribution is 6.15. The Kier molecular flexibility index (Phi) is 8.67. The van der Waals surface area contributed by atoms with Crippen molar-refractivity contribution < 1.29 is 23.3 Å². The number of aryl methyl sites for hydroxylation is 1. The molecular weight excluding hydrogens is 521 g/mol. The Bertz CT molecular complexity index is 1470. The van der Waals surface area contributed by atoms with Crippen LogP contribution in [0.4, 0.5) is 41.0 Å². The van der Waals surface area contributed by atoms with Gasteiger partial charge in [-0.15, -0.1) is 0 Å². The zero-order valence-corrected chi connectivity index (χ0v) is 22.1. The van der Waals surface area contributed by atoms with E-state index in [1.807, 2.05) is 12.2 Å². The second kappa shape index (κ2) is 12.1. The van der Waals surface area contributed by atoms with Crippen molar-refractivity contribution in [1.82, 2.24) is 14.9 Å². The molecule has 1 aliphatic heterocycles. The lowest BCUT2D eigenvalue weighted by Crippen LogP contribution is -2.86. The zero-order chi connectivity index (χ0) is 28.9. The fourth-order valence-electron chi connectivity index (χ4n) is 4.31. The number of carbonyl (C=O) groups is 1. The summed E-state index contributed by atoms with van der Waals surface area (Å²) in [4.78, 5) is 23.1. The summed E-state index contributed by atoms with van der Waals surface area (Å²) in [5, 5.41) is 15.7. The lowest BCUT2D eigenvalue weighted by atomic mass is 10.0. The zero-order valence-electron chi connectivity index (χ0n) is 22.1. The predicted molar refractivity (Wildman–Crippen MR) is 148 cm³/mol. The number of hydrogen-bond donors (Lipinski definition) is 5. The molecule has 2 heterocycles. The van der Waals surface area contributed by atoms with Crippen molar-refractivity contribution in [3.8, 4) is 11.8 Å². The normalized spacial score (nSPS) is 14.2. The highest BCUT2D eigenvalue weighted by Gasteiger charge is 2.30. The third kappa shape index (κ3) is 7.34. The molecular formula is C28H30F3N8O+. The molecule has 1 aromatic heterocycles. The fraction of sp³-hybridized carbons (Fsp3) is 0.286. The summed E-state index contributed by atoms with van der Waals surface area (Å²) in [5.74, 6) is 6.55. The minimum atomic E-state index is -4.52. The first-order chi connectivity index (χ1) is 19.0. The molecule has 7 N–H and O–H groups in total. The van der Waals surface area contributed by atoms with Crippen molar-refractivity contribution in [3.05, 3.63) is 71.0 Å². The van der Waals surface area contributed by atoms with Crippen molar-refractivity contribution in [3.63, 3.8) is 0 Å². The van der Waals surface area contributed by atoms with Crippen molar-refractivity contribution in [1.29, 1.82) is 5.41 Å². The van der Waals surface area contributed by atoms with Crippen molar-refractivity contribution in [2.24, 2.45) is 0 Å². The maximum absolute atomic E-state index is 13.0. The Labute approximate surface area is 229 Å². The predicted octanol–water partition coefficient (Wildman–Crippen LogP) is 3.74. The number of amides is 2. The van der Waals surface area contributed by atoms with Crippen LogP contribution in [-0.2, 0) is 6.18 Å². The van der Waals surface area contributed by atoms with Gasteiger partial charge in [-0.3, -0.25) is 10.7 Å². The average molecular weight is 552 g/mol. The number of likely N-dealkylation sites (tertiary alicyclic amines) is 1. The number of aromatic nitrogens is 2. The van der Waals surface area contributed by atoms with E-state index in [1.165, 1.54) is 18.5 Å². The van der Waals surface area contributed by atoms with E-state index in [1.54, 1.807) is 18.2 Å². The van der Waals surface area contributed by atoms with Gasteiger partial charge in [0, 0.05) is 42.9 Å². The van der Waals surface area contributed by atoms with Crippen LogP contribution in [0.3, 0.4) is 0 Å². The number of nitrogens with zero attached hydrogens (tertiary/aromatic N) is 3. The fourth-order valence-corrected chi connectivity index (χ4v) is 4.31. The van der Waals surface area contributed by atoms with Crippen LogP contribution in [0.25, 0.3) is 0 Å². The lowest BCUT2D eigenvalue weighted by Gasteiger charge is -2.27. The molecule has 1 saturated heterocycles. The number of hydrogen-bond acceptors (Lipinski definition) is 6. The number of rotatable bonds is 5. The van der Waals surface area contributed by atoms with Gasteiger partial charge < -0.3 is 21.3 Å². The maximum Gasteiger partial charge on any atom is 0.416 e. The van der Waals surface area contributed by atoms with Crippen LogP contribution in [0.15, 0.2) is 48.8 Å². The molecule has 0 spiro atoms. The van der Waals surface area contributed by atoms with Gasteiger partial charge in [-0.25, -0.2) is 9.78 Å². The summed E-state index contributed by atoms with van der Waals surface area (Å²) in [6.45, 7) is 3.80. The van der Waals surface area contributed by atoms with Crippen LogP contribution in [-0.4, -0.2) is 52.8 Å². The quantitative estimate of drug-likeness (QED) is 0.243. The Hall–Kier alpha value is -4.47. The molecule has 2 aromatic carbocycles. The molecule has 1 fully saturated rings. The van der Waals surface area contributed by atoms with Gasteiger partial charge in [0.15, 0.2) is 0 Å².